The summed E-state index contributed by atoms with van der Waals surface area (Å²) >= 11 is 7.14. The lowest BCUT2D eigenvalue weighted by Crippen LogP contribution is -2.39. The number of rotatable bonds is 7. The van der Waals surface area contributed by atoms with Crippen LogP contribution in [-0.4, -0.2) is 27.9 Å². The zero-order valence-corrected chi connectivity index (χ0v) is 14.6. The molecule has 0 spiro atoms. The van der Waals surface area contributed by atoms with Gasteiger partial charge in [0.2, 0.25) is 11.8 Å². The summed E-state index contributed by atoms with van der Waals surface area (Å²) < 4.78 is 5.60. The molecule has 0 atom stereocenters. The number of carbonyl (C=O) groups excluding carboxylic acids is 1. The summed E-state index contributed by atoms with van der Waals surface area (Å²) in [6.45, 7) is 0. The summed E-state index contributed by atoms with van der Waals surface area (Å²) in [5.41, 5.74) is 0.811. The van der Waals surface area contributed by atoms with Crippen LogP contribution < -0.4 is 5.32 Å². The molecule has 24 heavy (non-hydrogen) atoms. The summed E-state index contributed by atoms with van der Waals surface area (Å²) in [6.07, 6.45) is 5.01. The predicted octanol–water partition coefficient (Wildman–Crippen LogP) is 3.79. The number of thioether (sulfide) groups is 1. The van der Waals surface area contributed by atoms with Gasteiger partial charge in [-0.25, -0.2) is 0 Å². The molecular formula is C17H18ClN3O2S. The normalized spacial score (nSPS) is 17.2. The summed E-state index contributed by atoms with van der Waals surface area (Å²) in [7, 11) is 0. The van der Waals surface area contributed by atoms with Crippen LogP contribution in [0.4, 0.5) is 0 Å². The van der Waals surface area contributed by atoms with Crippen molar-refractivity contribution >= 4 is 29.3 Å². The van der Waals surface area contributed by atoms with E-state index in [1.807, 2.05) is 12.1 Å². The van der Waals surface area contributed by atoms with Crippen LogP contribution in [0.15, 0.2) is 33.9 Å². The molecule has 2 aliphatic carbocycles. The number of nitrogens with one attached hydrogen (secondary N) is 1. The van der Waals surface area contributed by atoms with Crippen LogP contribution in [0, 0.1) is 11.8 Å². The SMILES string of the molecule is O=C(CSc1nnc(-c2ccc(Cl)cc2)o1)NC(C1CC1)C1CC1. The topological polar surface area (TPSA) is 68.0 Å². The van der Waals surface area contributed by atoms with E-state index in [4.69, 9.17) is 16.0 Å². The van der Waals surface area contributed by atoms with Crippen LogP contribution in [0.5, 0.6) is 0 Å². The second-order valence-corrected chi connectivity index (χ2v) is 7.80. The second-order valence-electron chi connectivity index (χ2n) is 6.44. The summed E-state index contributed by atoms with van der Waals surface area (Å²) in [5, 5.41) is 12.3. The largest absolute Gasteiger partial charge is 0.411 e. The highest BCUT2D eigenvalue weighted by molar-refractivity contribution is 7.99. The van der Waals surface area contributed by atoms with Crippen LogP contribution in [0.1, 0.15) is 25.7 Å². The molecule has 7 heteroatoms. The molecule has 126 valence electrons. The lowest BCUT2D eigenvalue weighted by Gasteiger charge is -2.17. The fourth-order valence-electron chi connectivity index (χ4n) is 2.86. The van der Waals surface area contributed by atoms with E-state index in [1.165, 1.54) is 37.4 Å². The molecule has 5 nitrogen and oxygen atoms in total. The van der Waals surface area contributed by atoms with Gasteiger partial charge in [-0.1, -0.05) is 23.4 Å². The Bertz CT molecular complexity index is 714. The van der Waals surface area contributed by atoms with Crippen molar-refractivity contribution in [3.8, 4) is 11.5 Å². The van der Waals surface area contributed by atoms with Crippen LogP contribution in [0.25, 0.3) is 11.5 Å². The van der Waals surface area contributed by atoms with Gasteiger partial charge in [-0.15, -0.1) is 10.2 Å². The molecule has 1 aromatic carbocycles. The molecule has 1 amide bonds. The van der Waals surface area contributed by atoms with Gasteiger partial charge in [0.25, 0.3) is 5.22 Å². The molecule has 1 heterocycles. The Morgan fingerprint density at radius 3 is 2.50 bits per heavy atom. The number of benzene rings is 1. The van der Waals surface area contributed by atoms with Crippen molar-refractivity contribution in [2.75, 3.05) is 5.75 Å². The highest BCUT2D eigenvalue weighted by Gasteiger charge is 2.42. The highest BCUT2D eigenvalue weighted by Crippen LogP contribution is 2.44. The van der Waals surface area contributed by atoms with Gasteiger partial charge in [-0.2, -0.15) is 0 Å². The van der Waals surface area contributed by atoms with Crippen LogP contribution in [-0.2, 0) is 4.79 Å². The average Bonchev–Trinajstić information content (AvgIpc) is 3.50. The Kier molecular flexibility index (Phi) is 4.50. The van der Waals surface area contributed by atoms with E-state index in [1.54, 1.807) is 12.1 Å². The summed E-state index contributed by atoms with van der Waals surface area (Å²) in [4.78, 5) is 12.2. The maximum Gasteiger partial charge on any atom is 0.277 e. The van der Waals surface area contributed by atoms with Crippen molar-refractivity contribution in [1.29, 1.82) is 0 Å². The molecule has 0 saturated heterocycles. The number of carbonyl (C=O) groups is 1. The first-order valence-corrected chi connectivity index (χ1v) is 9.57. The molecule has 2 aliphatic rings. The zero-order valence-electron chi connectivity index (χ0n) is 13.1. The smallest absolute Gasteiger partial charge is 0.277 e. The minimum Gasteiger partial charge on any atom is -0.411 e. The molecule has 2 fully saturated rings. The van der Waals surface area contributed by atoms with Crippen molar-refractivity contribution in [2.45, 2.75) is 36.9 Å². The lowest BCUT2D eigenvalue weighted by molar-refractivity contribution is -0.119. The van der Waals surface area contributed by atoms with Crippen LogP contribution >= 0.6 is 23.4 Å². The summed E-state index contributed by atoms with van der Waals surface area (Å²) in [5.74, 6) is 2.19. The Labute approximate surface area is 149 Å². The molecule has 1 N–H and O–H groups in total. The third-order valence-corrected chi connectivity index (χ3v) is 5.48. The number of aromatic nitrogens is 2. The Hall–Kier alpha value is -1.53. The molecule has 1 aromatic heterocycles. The molecular weight excluding hydrogens is 346 g/mol. The van der Waals surface area contributed by atoms with Gasteiger partial charge in [0, 0.05) is 16.6 Å². The molecule has 2 aromatic rings. The standard InChI is InChI=1S/C17H18ClN3O2S/c18-13-7-5-12(6-8-13)16-20-21-17(23-16)24-9-14(22)19-15(10-1-2-10)11-3-4-11/h5-8,10-11,15H,1-4,9H2,(H,19,22). The molecule has 0 aliphatic heterocycles. The molecule has 0 radical (unpaired) electrons. The van der Waals surface area contributed by atoms with E-state index in [9.17, 15) is 4.79 Å². The van der Waals surface area contributed by atoms with Gasteiger partial charge in [-0.05, 0) is 61.8 Å². The minimum atomic E-state index is 0.0510. The molecule has 0 bridgehead atoms. The number of nitrogens with zero attached hydrogens (tertiary/aromatic N) is 2. The van der Waals surface area contributed by atoms with Crippen LogP contribution in [0.2, 0.25) is 5.02 Å². The van der Waals surface area contributed by atoms with Crippen LogP contribution in [0.3, 0.4) is 0 Å². The van der Waals surface area contributed by atoms with Crippen molar-refractivity contribution in [2.24, 2.45) is 11.8 Å². The maximum atomic E-state index is 12.2. The molecule has 2 saturated carbocycles. The van der Waals surface area contributed by atoms with E-state index in [-0.39, 0.29) is 5.91 Å². The number of halogens is 1. The minimum absolute atomic E-state index is 0.0510. The monoisotopic (exact) mass is 363 g/mol. The van der Waals surface area contributed by atoms with E-state index >= 15 is 0 Å². The van der Waals surface area contributed by atoms with E-state index in [2.05, 4.69) is 15.5 Å². The van der Waals surface area contributed by atoms with Gasteiger partial charge in [0.1, 0.15) is 0 Å². The van der Waals surface area contributed by atoms with Gasteiger partial charge in [0.15, 0.2) is 0 Å². The third kappa shape index (κ3) is 3.92. The van der Waals surface area contributed by atoms with Gasteiger partial charge < -0.3 is 9.73 Å². The van der Waals surface area contributed by atoms with Crippen molar-refractivity contribution in [3.05, 3.63) is 29.3 Å². The number of hydrogen-bond donors (Lipinski definition) is 1. The molecule has 4 rings (SSSR count). The van der Waals surface area contributed by atoms with Gasteiger partial charge in [-0.3, -0.25) is 4.79 Å². The van der Waals surface area contributed by atoms with Crippen molar-refractivity contribution in [1.82, 2.24) is 15.5 Å². The Morgan fingerprint density at radius 2 is 1.88 bits per heavy atom. The Balaban J connectivity index is 1.31. The summed E-state index contributed by atoms with van der Waals surface area (Å²) in [6, 6.07) is 7.58. The fraction of sp³-hybridized carbons (Fsp3) is 0.471. The Morgan fingerprint density at radius 1 is 1.21 bits per heavy atom. The quantitative estimate of drug-likeness (QED) is 0.758. The fourth-order valence-corrected chi connectivity index (χ4v) is 3.56. The van der Waals surface area contributed by atoms with Crippen molar-refractivity contribution in [3.63, 3.8) is 0 Å². The average molecular weight is 364 g/mol. The number of hydrogen-bond acceptors (Lipinski definition) is 5. The van der Waals surface area contributed by atoms with E-state index < -0.39 is 0 Å². The lowest BCUT2D eigenvalue weighted by atomic mass is 10.1. The third-order valence-electron chi connectivity index (χ3n) is 4.41. The predicted molar refractivity (Wildman–Crippen MR) is 92.8 cm³/mol. The van der Waals surface area contributed by atoms with Gasteiger partial charge >= 0.3 is 0 Å². The van der Waals surface area contributed by atoms with E-state index in [0.29, 0.717) is 39.8 Å². The van der Waals surface area contributed by atoms with E-state index in [0.717, 1.165) is 5.56 Å². The van der Waals surface area contributed by atoms with Gasteiger partial charge in [0.05, 0.1) is 5.75 Å². The van der Waals surface area contributed by atoms with Crippen molar-refractivity contribution < 1.29 is 9.21 Å². The second kappa shape index (κ2) is 6.76. The first kappa shape index (κ1) is 16.0. The highest BCUT2D eigenvalue weighted by atomic mass is 35.5. The first-order chi connectivity index (χ1) is 11.7. The molecule has 0 unspecified atom stereocenters. The number of amides is 1. The maximum absolute atomic E-state index is 12.2. The first-order valence-electron chi connectivity index (χ1n) is 8.20. The zero-order chi connectivity index (χ0) is 16.5.